The molecule has 0 aliphatic heterocycles. The predicted octanol–water partition coefficient (Wildman–Crippen LogP) is 2.58. The van der Waals surface area contributed by atoms with Crippen molar-refractivity contribution in [3.63, 3.8) is 0 Å². The average Bonchev–Trinajstić information content (AvgIpc) is 2.77. The summed E-state index contributed by atoms with van der Waals surface area (Å²) < 4.78 is 13.6. The van der Waals surface area contributed by atoms with Crippen LogP contribution in [0.3, 0.4) is 0 Å². The fraction of sp³-hybridized carbons (Fsp3) is 0.214. The molecule has 1 aromatic heterocycles. The topological polar surface area (TPSA) is 55.1 Å². The largest absolute Gasteiger partial charge is 0.366 e. The lowest BCUT2D eigenvalue weighted by Gasteiger charge is -2.07. The fourth-order valence-electron chi connectivity index (χ4n) is 1.76. The van der Waals surface area contributed by atoms with Crippen molar-refractivity contribution in [1.29, 1.82) is 0 Å². The molecule has 0 spiro atoms. The van der Waals surface area contributed by atoms with Crippen LogP contribution in [-0.4, -0.2) is 5.91 Å². The van der Waals surface area contributed by atoms with Gasteiger partial charge in [-0.1, -0.05) is 0 Å². The Morgan fingerprint density at radius 2 is 2.05 bits per heavy atom. The second-order valence-corrected chi connectivity index (χ2v) is 5.10. The molecule has 100 valence electrons. The zero-order valence-electron chi connectivity index (χ0n) is 10.6. The zero-order chi connectivity index (χ0) is 13.8. The molecule has 5 heteroatoms. The Morgan fingerprint density at radius 3 is 2.68 bits per heavy atom. The van der Waals surface area contributed by atoms with Gasteiger partial charge in [-0.15, -0.1) is 0 Å². The number of aryl methyl sites for hydroxylation is 1. The van der Waals surface area contributed by atoms with Crippen molar-refractivity contribution in [2.75, 3.05) is 0 Å². The lowest BCUT2D eigenvalue weighted by Crippen LogP contribution is -2.16. The molecule has 0 atom stereocenters. The molecule has 0 saturated heterocycles. The Bertz CT molecular complexity index is 595. The maximum atomic E-state index is 13.6. The highest BCUT2D eigenvalue weighted by Gasteiger charge is 2.07. The van der Waals surface area contributed by atoms with Gasteiger partial charge in [0.1, 0.15) is 5.82 Å². The van der Waals surface area contributed by atoms with Crippen LogP contribution in [0.1, 0.15) is 27.0 Å². The summed E-state index contributed by atoms with van der Waals surface area (Å²) in [5.41, 5.74) is 8.38. The summed E-state index contributed by atoms with van der Waals surface area (Å²) in [4.78, 5) is 11.1. The van der Waals surface area contributed by atoms with Crippen LogP contribution in [0.4, 0.5) is 4.39 Å². The molecule has 0 aliphatic rings. The van der Waals surface area contributed by atoms with Gasteiger partial charge in [0, 0.05) is 24.2 Å². The van der Waals surface area contributed by atoms with Crippen LogP contribution in [0.5, 0.6) is 0 Å². The van der Waals surface area contributed by atoms with Gasteiger partial charge in [-0.25, -0.2) is 4.39 Å². The van der Waals surface area contributed by atoms with E-state index in [1.807, 2.05) is 6.92 Å². The number of thiophene rings is 1. The van der Waals surface area contributed by atoms with Gasteiger partial charge in [-0.2, -0.15) is 11.3 Å². The number of nitrogens with one attached hydrogen (secondary N) is 1. The number of carbonyl (C=O) groups excluding carboxylic acids is 1. The summed E-state index contributed by atoms with van der Waals surface area (Å²) in [6.07, 6.45) is 0. The lowest BCUT2D eigenvalue weighted by atomic mass is 10.1. The predicted molar refractivity (Wildman–Crippen MR) is 74.5 cm³/mol. The Kier molecular flexibility index (Phi) is 4.29. The Balaban J connectivity index is 2.01. The van der Waals surface area contributed by atoms with E-state index in [9.17, 15) is 9.18 Å². The van der Waals surface area contributed by atoms with Crippen LogP contribution >= 0.6 is 11.3 Å². The maximum absolute atomic E-state index is 13.6. The van der Waals surface area contributed by atoms with Crippen molar-refractivity contribution < 1.29 is 9.18 Å². The normalized spacial score (nSPS) is 10.6. The number of benzene rings is 1. The van der Waals surface area contributed by atoms with E-state index in [-0.39, 0.29) is 5.82 Å². The molecular weight excluding hydrogens is 263 g/mol. The van der Waals surface area contributed by atoms with Crippen LogP contribution in [0.2, 0.25) is 0 Å². The second-order valence-electron chi connectivity index (χ2n) is 4.35. The summed E-state index contributed by atoms with van der Waals surface area (Å²) in [5.74, 6) is -0.880. The molecule has 0 unspecified atom stereocenters. The SMILES string of the molecule is Cc1cscc1CNCc1cc(C(N)=O)ccc1F. The molecule has 2 aromatic rings. The highest BCUT2D eigenvalue weighted by Crippen LogP contribution is 2.14. The van der Waals surface area contributed by atoms with Crippen LogP contribution in [0, 0.1) is 12.7 Å². The Hall–Kier alpha value is -1.72. The molecule has 3 nitrogen and oxygen atoms in total. The van der Waals surface area contributed by atoms with Gasteiger partial charge < -0.3 is 11.1 Å². The first-order chi connectivity index (χ1) is 9.08. The van der Waals surface area contributed by atoms with Crippen LogP contribution in [0.15, 0.2) is 29.0 Å². The number of halogens is 1. The standard InChI is InChI=1S/C14H15FN2OS/c1-9-7-19-8-12(9)6-17-5-11-4-10(14(16)18)2-3-13(11)15/h2-4,7-8,17H,5-6H2,1H3,(H2,16,18). The van der Waals surface area contributed by atoms with Gasteiger partial charge in [0.25, 0.3) is 0 Å². The quantitative estimate of drug-likeness (QED) is 0.883. The molecule has 0 bridgehead atoms. The minimum atomic E-state index is -0.546. The number of carbonyl (C=O) groups is 1. The van der Waals surface area contributed by atoms with E-state index >= 15 is 0 Å². The maximum Gasteiger partial charge on any atom is 0.248 e. The minimum Gasteiger partial charge on any atom is -0.366 e. The zero-order valence-corrected chi connectivity index (χ0v) is 11.4. The fourth-order valence-corrected chi connectivity index (χ4v) is 2.62. The van der Waals surface area contributed by atoms with Crippen LogP contribution < -0.4 is 11.1 Å². The summed E-state index contributed by atoms with van der Waals surface area (Å²) in [5, 5.41) is 7.31. The lowest BCUT2D eigenvalue weighted by molar-refractivity contribution is 0.1000. The monoisotopic (exact) mass is 278 g/mol. The molecule has 1 aromatic carbocycles. The Morgan fingerprint density at radius 1 is 1.32 bits per heavy atom. The van der Waals surface area contributed by atoms with Crippen molar-refractivity contribution in [2.45, 2.75) is 20.0 Å². The molecule has 1 heterocycles. The first-order valence-electron chi connectivity index (χ1n) is 5.88. The van der Waals surface area contributed by atoms with Crippen molar-refractivity contribution >= 4 is 17.2 Å². The van der Waals surface area contributed by atoms with Gasteiger partial charge in [0.2, 0.25) is 5.91 Å². The summed E-state index contributed by atoms with van der Waals surface area (Å²) >= 11 is 1.65. The second kappa shape index (κ2) is 5.95. The minimum absolute atomic E-state index is 0.324. The molecule has 0 saturated carbocycles. The first-order valence-corrected chi connectivity index (χ1v) is 6.83. The molecule has 0 radical (unpaired) electrons. The molecular formula is C14H15FN2OS. The number of amides is 1. The van der Waals surface area contributed by atoms with Crippen molar-refractivity contribution in [3.05, 3.63) is 57.0 Å². The van der Waals surface area contributed by atoms with Gasteiger partial charge in [0.15, 0.2) is 0 Å². The third-order valence-electron chi connectivity index (χ3n) is 2.92. The van der Waals surface area contributed by atoms with Crippen molar-refractivity contribution in [2.24, 2.45) is 5.73 Å². The summed E-state index contributed by atoms with van der Waals surface area (Å²) in [7, 11) is 0. The van der Waals surface area contributed by atoms with Crippen LogP contribution in [-0.2, 0) is 13.1 Å². The molecule has 0 aliphatic carbocycles. The van der Waals surface area contributed by atoms with E-state index in [4.69, 9.17) is 5.73 Å². The van der Waals surface area contributed by atoms with E-state index in [1.54, 1.807) is 11.3 Å². The third kappa shape index (κ3) is 3.39. The summed E-state index contributed by atoms with van der Waals surface area (Å²) in [6, 6.07) is 4.16. The van der Waals surface area contributed by atoms with Crippen LogP contribution in [0.25, 0.3) is 0 Å². The summed E-state index contributed by atoms with van der Waals surface area (Å²) in [6.45, 7) is 3.08. The number of hydrogen-bond donors (Lipinski definition) is 2. The first kappa shape index (κ1) is 13.7. The van der Waals surface area contributed by atoms with E-state index in [1.165, 1.54) is 29.3 Å². The third-order valence-corrected chi connectivity index (χ3v) is 3.83. The van der Waals surface area contributed by atoms with Gasteiger partial charge in [-0.05, 0) is 47.0 Å². The highest BCUT2D eigenvalue weighted by atomic mass is 32.1. The van der Waals surface area contributed by atoms with E-state index in [2.05, 4.69) is 16.1 Å². The van der Waals surface area contributed by atoms with E-state index < -0.39 is 5.91 Å². The van der Waals surface area contributed by atoms with Gasteiger partial charge in [0.05, 0.1) is 0 Å². The average molecular weight is 278 g/mol. The number of hydrogen-bond acceptors (Lipinski definition) is 3. The highest BCUT2D eigenvalue weighted by molar-refractivity contribution is 7.08. The molecule has 0 fully saturated rings. The van der Waals surface area contributed by atoms with E-state index in [0.717, 1.165) is 0 Å². The van der Waals surface area contributed by atoms with E-state index in [0.29, 0.717) is 24.2 Å². The van der Waals surface area contributed by atoms with Gasteiger partial charge in [-0.3, -0.25) is 4.79 Å². The van der Waals surface area contributed by atoms with Crippen molar-refractivity contribution in [1.82, 2.24) is 5.32 Å². The Labute approximate surface area is 115 Å². The van der Waals surface area contributed by atoms with Crippen molar-refractivity contribution in [3.8, 4) is 0 Å². The number of rotatable bonds is 5. The molecule has 3 N–H and O–H groups in total. The molecule has 19 heavy (non-hydrogen) atoms. The van der Waals surface area contributed by atoms with Gasteiger partial charge >= 0.3 is 0 Å². The molecule has 1 amide bonds. The number of primary amides is 1. The number of nitrogens with two attached hydrogens (primary N) is 1. The smallest absolute Gasteiger partial charge is 0.248 e. The molecule has 2 rings (SSSR count).